The Kier molecular flexibility index (Phi) is 27.3. The molecular formula is C89H98S4+4. The molecule has 474 valence electrons. The molecule has 12 rings (SSSR count). The standard InChI is InChI=1S/C24H27S.C24H15S.C21H21S.C20H19S.8H2/c2*1-2-3-4-7-12-21-17-19-24(20-18-21)25(22-13-8-5-9-14-22)23-15-10-6-11-16-23;1-17(2)18-13-15-21(16-14-18)22(19-9-5-3-6-10-19)20-11-7-4-8-12-20;1-16-8-12-19(13-9-16)21(18-6-4-3-5-7-18)20-14-10-17(2)11-15-20;;;;;;;;/h5-6,8-11,13-20H,2-4,7,12H2,1H3;1,5-6,8-11,13-20H;3-17H,1-2H3;3-15H,1-2H3;8*1H/q4*+1;;;;;;;;. The first-order valence-electron chi connectivity index (χ1n) is 32.0. The van der Waals surface area contributed by atoms with Crippen molar-refractivity contribution in [2.45, 2.75) is 131 Å². The summed E-state index contributed by atoms with van der Waals surface area (Å²) >= 11 is 0. The van der Waals surface area contributed by atoms with Gasteiger partial charge in [0.15, 0.2) is 58.7 Å². The summed E-state index contributed by atoms with van der Waals surface area (Å²) < 4.78 is 0. The van der Waals surface area contributed by atoms with E-state index in [4.69, 9.17) is 6.42 Å². The molecule has 12 aromatic rings. The van der Waals surface area contributed by atoms with E-state index in [0.29, 0.717) is 5.92 Å². The molecule has 0 unspecified atom stereocenters. The molecule has 0 heterocycles. The van der Waals surface area contributed by atoms with Gasteiger partial charge in [-0.15, -0.1) is 6.42 Å². The summed E-state index contributed by atoms with van der Waals surface area (Å²) in [7, 11) is -0.233. The van der Waals surface area contributed by atoms with Gasteiger partial charge in [-0.1, -0.05) is 233 Å². The van der Waals surface area contributed by atoms with E-state index in [1.807, 2.05) is 24.3 Å². The molecule has 0 aliphatic heterocycles. The van der Waals surface area contributed by atoms with Crippen LogP contribution in [0.15, 0.2) is 392 Å². The molecule has 0 saturated heterocycles. The van der Waals surface area contributed by atoms with E-state index in [1.54, 1.807) is 0 Å². The zero-order valence-electron chi connectivity index (χ0n) is 54.1. The fourth-order valence-electron chi connectivity index (χ4n) is 10.3. The van der Waals surface area contributed by atoms with Crippen LogP contribution in [0.2, 0.25) is 0 Å². The van der Waals surface area contributed by atoms with Crippen molar-refractivity contribution < 1.29 is 11.4 Å². The van der Waals surface area contributed by atoms with Gasteiger partial charge in [0.2, 0.25) is 0 Å². The summed E-state index contributed by atoms with van der Waals surface area (Å²) in [6.45, 7) is 11.0. The van der Waals surface area contributed by atoms with E-state index >= 15 is 0 Å². The minimum Gasteiger partial charge on any atom is -0.106 e. The van der Waals surface area contributed by atoms with E-state index in [-0.39, 0.29) is 55.0 Å². The summed E-state index contributed by atoms with van der Waals surface area (Å²) in [5, 5.41) is 0. The number of hydrogen-bond donors (Lipinski definition) is 0. The van der Waals surface area contributed by atoms with Gasteiger partial charge in [0.05, 0.1) is 43.6 Å². The lowest BCUT2D eigenvalue weighted by Crippen LogP contribution is -2.04. The third kappa shape index (κ3) is 20.9. The zero-order chi connectivity index (χ0) is 64.7. The monoisotopic (exact) mass is 1290 g/mol. The van der Waals surface area contributed by atoms with Crippen LogP contribution in [-0.2, 0) is 50.0 Å². The fraction of sp³-hybridized carbons (Fsp3) is 0.124. The predicted octanol–water partition coefficient (Wildman–Crippen LogP) is 24.9. The molecule has 93 heavy (non-hydrogen) atoms. The van der Waals surface area contributed by atoms with Crippen molar-refractivity contribution in [2.24, 2.45) is 0 Å². The Morgan fingerprint density at radius 3 is 0.849 bits per heavy atom. The van der Waals surface area contributed by atoms with E-state index in [1.165, 1.54) is 113 Å². The fourth-order valence-corrected chi connectivity index (χ4v) is 18.6. The average molecular weight is 1300 g/mol. The molecular weight excluding hydrogens is 1200 g/mol. The number of aryl methyl sites for hydroxylation is 3. The van der Waals surface area contributed by atoms with Gasteiger partial charge in [0.1, 0.15) is 0 Å². The zero-order valence-corrected chi connectivity index (χ0v) is 57.3. The van der Waals surface area contributed by atoms with Crippen LogP contribution in [0.5, 0.6) is 0 Å². The summed E-state index contributed by atoms with van der Waals surface area (Å²) in [4.78, 5) is 16.2. The van der Waals surface area contributed by atoms with Crippen LogP contribution in [0.4, 0.5) is 0 Å². The number of hydrogen-bond acceptors (Lipinski definition) is 0. The van der Waals surface area contributed by atoms with E-state index in [0.717, 1.165) is 5.56 Å². The normalized spacial score (nSPS) is 10.5. The number of benzene rings is 12. The number of rotatable bonds is 18. The predicted molar refractivity (Wildman–Crippen MR) is 418 cm³/mol. The highest BCUT2D eigenvalue weighted by Crippen LogP contribution is 2.35. The van der Waals surface area contributed by atoms with Gasteiger partial charge < -0.3 is 0 Å². The minimum atomic E-state index is -0.134. The summed E-state index contributed by atoms with van der Waals surface area (Å²) in [6, 6.07) is 120. The molecule has 0 aromatic heterocycles. The van der Waals surface area contributed by atoms with Crippen molar-refractivity contribution in [3.05, 3.63) is 361 Å². The molecule has 0 fully saturated rings. The summed E-state index contributed by atoms with van der Waals surface area (Å²) in [6.07, 6.45) is 11.6. The lowest BCUT2D eigenvalue weighted by Gasteiger charge is -2.09. The van der Waals surface area contributed by atoms with Gasteiger partial charge in [-0.3, -0.25) is 0 Å². The smallest absolute Gasteiger partial charge is 0.106 e. The average Bonchev–Trinajstić information content (AvgIpc) is 0.844. The van der Waals surface area contributed by atoms with Crippen molar-refractivity contribution in [2.75, 3.05) is 0 Å². The maximum atomic E-state index is 5.08. The first-order chi connectivity index (χ1) is 45.8. The summed E-state index contributed by atoms with van der Waals surface area (Å²) in [5.41, 5.74) is 6.40. The molecule has 0 spiro atoms. The highest BCUT2D eigenvalue weighted by molar-refractivity contribution is 7.98. The second-order valence-corrected chi connectivity index (χ2v) is 30.5. The lowest BCUT2D eigenvalue weighted by molar-refractivity contribution is 0.666. The van der Waals surface area contributed by atoms with Crippen LogP contribution in [0.1, 0.15) is 91.6 Å². The maximum Gasteiger partial charge on any atom is 0.166 e. The van der Waals surface area contributed by atoms with Gasteiger partial charge >= 0.3 is 0 Å². The van der Waals surface area contributed by atoms with Crippen molar-refractivity contribution in [3.8, 4) is 36.0 Å². The van der Waals surface area contributed by atoms with Crippen molar-refractivity contribution in [1.29, 1.82) is 0 Å². The molecule has 12 aromatic carbocycles. The summed E-state index contributed by atoms with van der Waals surface area (Å²) in [5.74, 6) is 13.7. The Balaban J connectivity index is 0.000000657. The molecule has 0 bridgehead atoms. The quantitative estimate of drug-likeness (QED) is 0.0456. The maximum absolute atomic E-state index is 5.08. The Labute approximate surface area is 580 Å². The Hall–Kier alpha value is -9.28. The third-order valence-corrected chi connectivity index (χ3v) is 24.0. The van der Waals surface area contributed by atoms with Crippen LogP contribution < -0.4 is 0 Å². The second-order valence-electron chi connectivity index (χ2n) is 22.4. The Morgan fingerprint density at radius 1 is 0.301 bits per heavy atom. The van der Waals surface area contributed by atoms with Crippen LogP contribution in [0.3, 0.4) is 0 Å². The third-order valence-electron chi connectivity index (χ3n) is 15.1. The van der Waals surface area contributed by atoms with E-state index < -0.39 is 0 Å². The molecule has 0 radical (unpaired) electrons. The van der Waals surface area contributed by atoms with Gasteiger partial charge in [0.25, 0.3) is 0 Å². The molecule has 0 saturated carbocycles. The molecule has 0 atom stereocenters. The van der Waals surface area contributed by atoms with Crippen LogP contribution in [0, 0.1) is 49.9 Å². The van der Waals surface area contributed by atoms with Gasteiger partial charge in [-0.2, -0.15) is 0 Å². The SMILES string of the molecule is C#CC#CC#Cc1ccc([S+](c2ccccc2)c2ccccc2)cc1.CC(C)c1ccc([S+](c2ccccc2)c2ccccc2)cc1.CCCCCCc1ccc([S+](c2ccccc2)c2ccccc2)cc1.Cc1ccc([S+](c2ccccc2)c2ccc(C)cc2)cc1.[HH].[HH].[HH].[HH].[HH].[HH].[HH].[HH]. The van der Waals surface area contributed by atoms with Gasteiger partial charge in [-0.25, -0.2) is 0 Å². The van der Waals surface area contributed by atoms with E-state index in [9.17, 15) is 0 Å². The minimum absolute atomic E-state index is 0. The van der Waals surface area contributed by atoms with Crippen molar-refractivity contribution >= 4 is 43.6 Å². The van der Waals surface area contributed by atoms with Crippen molar-refractivity contribution in [1.82, 2.24) is 0 Å². The van der Waals surface area contributed by atoms with E-state index in [2.05, 4.69) is 374 Å². The molecule has 4 heteroatoms. The first-order valence-corrected chi connectivity index (χ1v) is 36.9. The largest absolute Gasteiger partial charge is 0.166 e. The topological polar surface area (TPSA) is 0 Å². The van der Waals surface area contributed by atoms with Crippen LogP contribution in [-0.4, -0.2) is 0 Å². The van der Waals surface area contributed by atoms with Crippen molar-refractivity contribution in [3.63, 3.8) is 0 Å². The Bertz CT molecular complexity index is 4120. The first kappa shape index (κ1) is 68.1. The number of unbranched alkanes of at least 4 members (excludes halogenated alkanes) is 3. The van der Waals surface area contributed by atoms with Crippen LogP contribution in [0.25, 0.3) is 0 Å². The highest BCUT2D eigenvalue weighted by atomic mass is 32.2. The molecule has 0 N–H and O–H groups in total. The van der Waals surface area contributed by atoms with Gasteiger partial charge in [0, 0.05) is 17.0 Å². The van der Waals surface area contributed by atoms with Gasteiger partial charge in [-0.05, 0) is 225 Å². The van der Waals surface area contributed by atoms with Crippen LogP contribution >= 0.6 is 0 Å². The molecule has 0 nitrogen and oxygen atoms in total. The Morgan fingerprint density at radius 2 is 0.570 bits per heavy atom. The molecule has 0 aliphatic carbocycles. The lowest BCUT2D eigenvalue weighted by atomic mass is 10.0. The second kappa shape index (κ2) is 37.3. The molecule has 0 aliphatic rings. The number of terminal acetylenes is 1. The highest BCUT2D eigenvalue weighted by Gasteiger charge is 2.31. The molecule has 0 amide bonds.